The highest BCUT2D eigenvalue weighted by Crippen LogP contribution is 2.52. The first kappa shape index (κ1) is 35.4. The van der Waals surface area contributed by atoms with Gasteiger partial charge in [-0.3, -0.25) is 9.59 Å². The number of methoxy groups -OCH3 is 4. The van der Waals surface area contributed by atoms with E-state index in [0.29, 0.717) is 55.1 Å². The molecular weight excluding hydrogens is 587 g/mol. The number of amides is 2. The zero-order chi connectivity index (χ0) is 33.8. The predicted molar refractivity (Wildman–Crippen MR) is 178 cm³/mol. The Morgan fingerprint density at radius 1 is 0.848 bits per heavy atom. The second-order valence-corrected chi connectivity index (χ2v) is 13.7. The van der Waals surface area contributed by atoms with Crippen molar-refractivity contribution < 1.29 is 37.8 Å². The van der Waals surface area contributed by atoms with Crippen molar-refractivity contribution in [3.8, 4) is 23.0 Å². The molecule has 252 valence electrons. The molecule has 1 saturated heterocycles. The van der Waals surface area contributed by atoms with Crippen LogP contribution >= 0.6 is 0 Å². The maximum absolute atomic E-state index is 14.1. The molecule has 46 heavy (non-hydrogen) atoms. The summed E-state index contributed by atoms with van der Waals surface area (Å²) in [6, 6.07) is 8.89. The Labute approximate surface area is 274 Å². The number of hydrogen-bond acceptors (Lipinski definition) is 8. The minimum atomic E-state index is -0.810. The summed E-state index contributed by atoms with van der Waals surface area (Å²) in [5.41, 5.74) is 1.63. The zero-order valence-corrected chi connectivity index (χ0v) is 29.1. The van der Waals surface area contributed by atoms with E-state index < -0.39 is 36.2 Å². The number of hydrogen-bond donors (Lipinski definition) is 2. The van der Waals surface area contributed by atoms with E-state index >= 15 is 0 Å². The summed E-state index contributed by atoms with van der Waals surface area (Å²) in [6.45, 7) is 12.2. The van der Waals surface area contributed by atoms with Crippen molar-refractivity contribution in [2.75, 3.05) is 28.4 Å². The second kappa shape index (κ2) is 14.5. The molecule has 2 aromatic rings. The van der Waals surface area contributed by atoms with Crippen molar-refractivity contribution in [2.24, 2.45) is 11.8 Å². The maximum atomic E-state index is 14.1. The number of carbonyl (C=O) groups excluding carboxylic acids is 2. The zero-order valence-electron chi connectivity index (χ0n) is 29.1. The average Bonchev–Trinajstić information content (AvgIpc) is 3.24. The minimum Gasteiger partial charge on any atom is -0.492 e. The van der Waals surface area contributed by atoms with Crippen molar-refractivity contribution in [3.05, 3.63) is 47.0 Å². The minimum absolute atomic E-state index is 0.200. The van der Waals surface area contributed by atoms with Crippen molar-refractivity contribution in [2.45, 2.75) is 96.8 Å². The van der Waals surface area contributed by atoms with Gasteiger partial charge in [-0.25, -0.2) is 0 Å². The van der Waals surface area contributed by atoms with Gasteiger partial charge in [-0.15, -0.1) is 0 Å². The molecule has 1 fully saturated rings. The van der Waals surface area contributed by atoms with Crippen LogP contribution in [0.3, 0.4) is 0 Å². The molecule has 11 heteroatoms. The smallest absolute Gasteiger partial charge is 0.481 e. The number of ether oxygens (including phenoxy) is 4. The lowest BCUT2D eigenvalue weighted by molar-refractivity contribution is -0.131. The Kier molecular flexibility index (Phi) is 11.2. The van der Waals surface area contributed by atoms with Crippen LogP contribution in [0.15, 0.2) is 30.3 Å². The van der Waals surface area contributed by atoms with Crippen LogP contribution in [-0.2, 0) is 38.2 Å². The number of rotatable bonds is 13. The second-order valence-electron chi connectivity index (χ2n) is 13.7. The third-order valence-electron chi connectivity index (χ3n) is 9.48. The summed E-state index contributed by atoms with van der Waals surface area (Å²) in [5, 5.41) is 6.30. The predicted octanol–water partition coefficient (Wildman–Crippen LogP) is 4.72. The quantitative estimate of drug-likeness (QED) is 0.304. The van der Waals surface area contributed by atoms with Crippen molar-refractivity contribution in [3.63, 3.8) is 0 Å². The van der Waals surface area contributed by atoms with Crippen molar-refractivity contribution in [1.29, 1.82) is 0 Å². The Morgan fingerprint density at radius 2 is 1.39 bits per heavy atom. The van der Waals surface area contributed by atoms with E-state index in [9.17, 15) is 9.59 Å². The van der Waals surface area contributed by atoms with Crippen LogP contribution in [0, 0.1) is 11.8 Å². The summed E-state index contributed by atoms with van der Waals surface area (Å²) in [4.78, 5) is 28.0. The van der Waals surface area contributed by atoms with Crippen molar-refractivity contribution in [1.82, 2.24) is 10.6 Å². The Balaban J connectivity index is 1.59. The maximum Gasteiger partial charge on any atom is 0.481 e. The molecule has 2 N–H and O–H groups in total. The molecular formula is C35H51BN2O8. The number of nitrogens with one attached hydrogen (secondary N) is 2. The molecule has 0 aromatic heterocycles. The lowest BCUT2D eigenvalue weighted by Gasteiger charge is -2.32. The van der Waals surface area contributed by atoms with Gasteiger partial charge >= 0.3 is 7.12 Å². The van der Waals surface area contributed by atoms with Gasteiger partial charge in [-0.1, -0.05) is 44.2 Å². The molecule has 2 aromatic carbocycles. The molecule has 2 aliphatic rings. The highest BCUT2D eigenvalue weighted by atomic mass is 16.7. The summed E-state index contributed by atoms with van der Waals surface area (Å²) < 4.78 is 35.5. The molecule has 0 spiro atoms. The highest BCUT2D eigenvalue weighted by molar-refractivity contribution is 6.48. The van der Waals surface area contributed by atoms with E-state index in [1.54, 1.807) is 28.4 Å². The van der Waals surface area contributed by atoms with Crippen LogP contribution in [0.4, 0.5) is 0 Å². The van der Waals surface area contributed by atoms with Crippen molar-refractivity contribution >= 4 is 18.9 Å². The molecule has 1 unspecified atom stereocenters. The number of benzene rings is 2. The molecule has 0 saturated carbocycles. The fraction of sp³-hybridized carbons (Fsp3) is 0.600. The van der Waals surface area contributed by atoms with Gasteiger partial charge < -0.3 is 38.9 Å². The molecule has 1 aliphatic heterocycles. The van der Waals surface area contributed by atoms with Crippen LogP contribution in [0.25, 0.3) is 0 Å². The lowest BCUT2D eigenvalue weighted by Crippen LogP contribution is -2.56. The molecule has 4 rings (SSSR count). The monoisotopic (exact) mass is 638 g/mol. The lowest BCUT2D eigenvalue weighted by atomic mass is 9.73. The van der Waals surface area contributed by atoms with E-state index in [1.807, 2.05) is 58.0 Å². The standard InChI is InChI=1S/C35H51BN2O8/c1-21(2)18-27(36-45-34(3,4)35(5,6)46-36)38-33(40)26(19-22-14-12-11-13-15-22)37-32(39)23-16-17-24-25(20-23)29(42-8)31(44-10)30(43-9)28(24)41-7/h11-15,21,23,26-27H,16-20H2,1-10H3,(H,37,39)(H,38,40)/t23?,26-,27-/m0/s1. The van der Waals surface area contributed by atoms with Gasteiger partial charge in [0.2, 0.25) is 23.3 Å². The first-order chi connectivity index (χ1) is 21.8. The fourth-order valence-corrected chi connectivity index (χ4v) is 6.36. The third kappa shape index (κ3) is 7.41. The van der Waals surface area contributed by atoms with E-state index in [0.717, 1.165) is 16.7 Å². The van der Waals surface area contributed by atoms with Gasteiger partial charge in [0.25, 0.3) is 0 Å². The van der Waals surface area contributed by atoms with Crippen LogP contribution in [-0.4, -0.2) is 70.6 Å². The topological polar surface area (TPSA) is 114 Å². The number of carbonyl (C=O) groups is 2. The molecule has 1 aliphatic carbocycles. The van der Waals surface area contributed by atoms with Crippen LogP contribution < -0.4 is 29.6 Å². The largest absolute Gasteiger partial charge is 0.492 e. The molecule has 1 heterocycles. The summed E-state index contributed by atoms with van der Waals surface area (Å²) in [7, 11) is 5.64. The molecule has 0 bridgehead atoms. The Hall–Kier alpha value is -3.44. The fourth-order valence-electron chi connectivity index (χ4n) is 6.36. The Morgan fingerprint density at radius 3 is 1.91 bits per heavy atom. The van der Waals surface area contributed by atoms with Crippen LogP contribution in [0.2, 0.25) is 0 Å². The van der Waals surface area contributed by atoms with E-state index in [2.05, 4.69) is 24.5 Å². The van der Waals surface area contributed by atoms with E-state index in [1.165, 1.54) is 0 Å². The highest BCUT2D eigenvalue weighted by Gasteiger charge is 2.54. The molecule has 10 nitrogen and oxygen atoms in total. The average molecular weight is 639 g/mol. The molecule has 3 atom stereocenters. The summed E-state index contributed by atoms with van der Waals surface area (Å²) in [6.07, 6.45) is 2.52. The summed E-state index contributed by atoms with van der Waals surface area (Å²) >= 11 is 0. The van der Waals surface area contributed by atoms with E-state index in [-0.39, 0.29) is 17.7 Å². The summed E-state index contributed by atoms with van der Waals surface area (Å²) in [5.74, 6) is 0.973. The molecule has 0 radical (unpaired) electrons. The normalized spacial score (nSPS) is 19.5. The number of fused-ring (bicyclic) bond motifs is 1. The third-order valence-corrected chi connectivity index (χ3v) is 9.48. The van der Waals surface area contributed by atoms with Crippen LogP contribution in [0.5, 0.6) is 23.0 Å². The molecule has 2 amide bonds. The Bertz CT molecular complexity index is 1340. The van der Waals surface area contributed by atoms with Crippen LogP contribution in [0.1, 0.15) is 71.1 Å². The first-order valence-corrected chi connectivity index (χ1v) is 16.1. The van der Waals surface area contributed by atoms with Gasteiger partial charge in [0, 0.05) is 23.5 Å². The van der Waals surface area contributed by atoms with Gasteiger partial charge in [-0.2, -0.15) is 0 Å². The van der Waals surface area contributed by atoms with Gasteiger partial charge in [0.1, 0.15) is 6.04 Å². The first-order valence-electron chi connectivity index (χ1n) is 16.1. The SMILES string of the molecule is COc1c2c(c(OC)c(OC)c1OC)CC(C(=O)N[C@@H](Cc1ccccc1)C(=O)N[C@@H](CC(C)C)B1OC(C)(C)C(C)(C)O1)CC2. The van der Waals surface area contributed by atoms with E-state index in [4.69, 9.17) is 28.3 Å². The van der Waals surface area contributed by atoms with Gasteiger partial charge in [0.05, 0.1) is 45.6 Å². The van der Waals surface area contributed by atoms with Gasteiger partial charge in [0.15, 0.2) is 11.5 Å². The van der Waals surface area contributed by atoms with Gasteiger partial charge in [-0.05, 0) is 64.9 Å².